The van der Waals surface area contributed by atoms with Crippen LogP contribution in [0.1, 0.15) is 43.9 Å². The van der Waals surface area contributed by atoms with Crippen molar-refractivity contribution in [3.8, 4) is 0 Å². The maximum Gasteiger partial charge on any atom is 0.223 e. The van der Waals surface area contributed by atoms with Gasteiger partial charge < -0.3 is 10.4 Å². The van der Waals surface area contributed by atoms with Crippen molar-refractivity contribution in [3.05, 3.63) is 53.9 Å². The van der Waals surface area contributed by atoms with E-state index in [2.05, 4.69) is 51.4 Å². The predicted octanol–water partition coefficient (Wildman–Crippen LogP) is 3.00. The molecule has 128 valence electrons. The van der Waals surface area contributed by atoms with Crippen LogP contribution in [0.15, 0.2) is 42.7 Å². The molecule has 0 bridgehead atoms. The molecule has 2 N–H and O–H groups in total. The summed E-state index contributed by atoms with van der Waals surface area (Å²) in [6, 6.07) is 10.7. The van der Waals surface area contributed by atoms with E-state index < -0.39 is 5.60 Å². The number of benzene rings is 1. The van der Waals surface area contributed by atoms with E-state index in [4.69, 9.17) is 0 Å². The fourth-order valence-electron chi connectivity index (χ4n) is 3.01. The van der Waals surface area contributed by atoms with Gasteiger partial charge in [0.15, 0.2) is 0 Å². The molecule has 2 heterocycles. The molecule has 0 unspecified atom stereocenters. The highest BCUT2D eigenvalue weighted by Gasteiger charge is 2.27. The lowest BCUT2D eigenvalue weighted by Gasteiger charge is -2.35. The molecular formula is C19H26N4O. The molecule has 24 heavy (non-hydrogen) atoms. The van der Waals surface area contributed by atoms with Gasteiger partial charge in [-0.05, 0) is 43.9 Å². The summed E-state index contributed by atoms with van der Waals surface area (Å²) in [5.41, 5.74) is 2.04. The zero-order valence-electron chi connectivity index (χ0n) is 14.4. The summed E-state index contributed by atoms with van der Waals surface area (Å²) in [5.74, 6) is 0.648. The highest BCUT2D eigenvalue weighted by atomic mass is 16.3. The molecule has 1 fully saturated rings. The normalized spacial score (nSPS) is 19.0. The van der Waals surface area contributed by atoms with E-state index >= 15 is 0 Å². The molecule has 0 saturated carbocycles. The Morgan fingerprint density at radius 3 is 2.42 bits per heavy atom. The van der Waals surface area contributed by atoms with Crippen LogP contribution in [0.2, 0.25) is 0 Å². The van der Waals surface area contributed by atoms with Crippen LogP contribution >= 0.6 is 0 Å². The van der Waals surface area contributed by atoms with Gasteiger partial charge in [0.05, 0.1) is 11.6 Å². The summed E-state index contributed by atoms with van der Waals surface area (Å²) in [7, 11) is 0. The van der Waals surface area contributed by atoms with Crippen molar-refractivity contribution in [2.45, 2.75) is 44.9 Å². The van der Waals surface area contributed by atoms with E-state index in [1.165, 1.54) is 11.1 Å². The molecule has 5 heteroatoms. The summed E-state index contributed by atoms with van der Waals surface area (Å²) in [6.45, 7) is 6.90. The van der Waals surface area contributed by atoms with E-state index in [1.807, 2.05) is 13.0 Å². The molecule has 0 radical (unpaired) electrons. The summed E-state index contributed by atoms with van der Waals surface area (Å²) in [6.07, 6.45) is 5.18. The first-order valence-corrected chi connectivity index (χ1v) is 8.59. The molecular weight excluding hydrogens is 300 g/mol. The van der Waals surface area contributed by atoms with Gasteiger partial charge in [-0.15, -0.1) is 0 Å². The second kappa shape index (κ2) is 7.28. The number of anilines is 1. The highest BCUT2D eigenvalue weighted by molar-refractivity contribution is 5.32. The number of hydrogen-bond donors (Lipinski definition) is 2. The van der Waals surface area contributed by atoms with Gasteiger partial charge in [0.1, 0.15) is 0 Å². The Morgan fingerprint density at radius 1 is 1.17 bits per heavy atom. The molecule has 3 rings (SSSR count). The first kappa shape index (κ1) is 16.9. The molecule has 1 aromatic carbocycles. The minimum atomic E-state index is -0.485. The van der Waals surface area contributed by atoms with Crippen molar-refractivity contribution >= 4 is 5.95 Å². The molecule has 1 saturated heterocycles. The van der Waals surface area contributed by atoms with Crippen molar-refractivity contribution in [2.24, 2.45) is 0 Å². The van der Waals surface area contributed by atoms with Gasteiger partial charge in [0.25, 0.3) is 0 Å². The quantitative estimate of drug-likeness (QED) is 0.884. The number of aliphatic hydroxyl groups is 1. The molecule has 1 aliphatic heterocycles. The topological polar surface area (TPSA) is 61.3 Å². The minimum absolute atomic E-state index is 0.159. The Balaban J connectivity index is 1.55. The number of nitrogens with one attached hydrogen (secondary N) is 1. The van der Waals surface area contributed by atoms with E-state index in [9.17, 15) is 5.11 Å². The molecule has 1 atom stereocenters. The van der Waals surface area contributed by atoms with Crippen LogP contribution in [-0.2, 0) is 6.54 Å². The molecule has 1 aromatic heterocycles. The van der Waals surface area contributed by atoms with Crippen LogP contribution in [0.25, 0.3) is 0 Å². The summed E-state index contributed by atoms with van der Waals surface area (Å²) >= 11 is 0. The maximum atomic E-state index is 10.0. The summed E-state index contributed by atoms with van der Waals surface area (Å²) in [5, 5.41) is 13.3. The lowest BCUT2D eigenvalue weighted by molar-refractivity contribution is -0.00730. The van der Waals surface area contributed by atoms with Gasteiger partial charge in [0, 0.05) is 32.0 Å². The van der Waals surface area contributed by atoms with Crippen molar-refractivity contribution in [3.63, 3.8) is 0 Å². The molecule has 2 aromatic rings. The second-order valence-corrected chi connectivity index (χ2v) is 6.95. The lowest BCUT2D eigenvalue weighted by Crippen LogP contribution is -2.41. The third-order valence-electron chi connectivity index (χ3n) is 4.73. The molecule has 0 spiro atoms. The van der Waals surface area contributed by atoms with Crippen LogP contribution in [0.4, 0.5) is 5.95 Å². The second-order valence-electron chi connectivity index (χ2n) is 6.95. The number of piperidine rings is 1. The average Bonchev–Trinajstić information content (AvgIpc) is 2.58. The van der Waals surface area contributed by atoms with Crippen LogP contribution in [0, 0.1) is 0 Å². The maximum absolute atomic E-state index is 10.0. The smallest absolute Gasteiger partial charge is 0.223 e. The van der Waals surface area contributed by atoms with Crippen molar-refractivity contribution in [1.29, 1.82) is 0 Å². The van der Waals surface area contributed by atoms with Gasteiger partial charge in [-0.1, -0.05) is 24.3 Å². The number of aromatic nitrogens is 2. The highest BCUT2D eigenvalue weighted by Crippen LogP contribution is 2.23. The predicted molar refractivity (Wildman–Crippen MR) is 95.6 cm³/mol. The Kier molecular flexibility index (Phi) is 5.11. The fraction of sp³-hybridized carbons (Fsp3) is 0.474. The Bertz CT molecular complexity index is 632. The summed E-state index contributed by atoms with van der Waals surface area (Å²) < 4.78 is 0. The van der Waals surface area contributed by atoms with Crippen LogP contribution < -0.4 is 5.32 Å². The van der Waals surface area contributed by atoms with Crippen molar-refractivity contribution < 1.29 is 5.11 Å². The zero-order valence-corrected chi connectivity index (χ0v) is 14.4. The van der Waals surface area contributed by atoms with Gasteiger partial charge in [0.2, 0.25) is 5.95 Å². The van der Waals surface area contributed by atoms with E-state index in [0.717, 1.165) is 32.5 Å². The van der Waals surface area contributed by atoms with E-state index in [1.54, 1.807) is 12.4 Å². The molecule has 0 amide bonds. The molecule has 0 aliphatic carbocycles. The van der Waals surface area contributed by atoms with Crippen LogP contribution in [0.5, 0.6) is 0 Å². The Labute approximate surface area is 143 Å². The Hall–Kier alpha value is -1.98. The number of nitrogens with zero attached hydrogens (tertiary/aromatic N) is 3. The van der Waals surface area contributed by atoms with E-state index in [-0.39, 0.29) is 6.04 Å². The SMILES string of the molecule is C[C@H](Nc1ncccn1)c1ccc(CN2CCC(C)(O)CC2)cc1. The average molecular weight is 326 g/mol. The third kappa shape index (κ3) is 4.52. The first-order chi connectivity index (χ1) is 11.5. The third-order valence-corrected chi connectivity index (χ3v) is 4.73. The van der Waals surface area contributed by atoms with Gasteiger partial charge >= 0.3 is 0 Å². The lowest BCUT2D eigenvalue weighted by atomic mass is 9.93. The molecule has 1 aliphatic rings. The van der Waals surface area contributed by atoms with Gasteiger partial charge in [-0.2, -0.15) is 0 Å². The van der Waals surface area contributed by atoms with Crippen molar-refractivity contribution in [2.75, 3.05) is 18.4 Å². The van der Waals surface area contributed by atoms with Crippen LogP contribution in [0.3, 0.4) is 0 Å². The summed E-state index contributed by atoms with van der Waals surface area (Å²) in [4.78, 5) is 10.8. The largest absolute Gasteiger partial charge is 0.390 e. The standard InChI is InChI=1S/C19H26N4O/c1-15(22-18-20-10-3-11-21-18)17-6-4-16(5-7-17)14-23-12-8-19(2,24)9-13-23/h3-7,10-11,15,24H,8-9,12-14H2,1-2H3,(H,20,21,22)/t15-/m0/s1. The van der Waals surface area contributed by atoms with Gasteiger partial charge in [-0.3, -0.25) is 4.90 Å². The monoisotopic (exact) mass is 326 g/mol. The van der Waals surface area contributed by atoms with E-state index in [0.29, 0.717) is 5.95 Å². The number of rotatable bonds is 5. The first-order valence-electron chi connectivity index (χ1n) is 8.59. The fourth-order valence-corrected chi connectivity index (χ4v) is 3.01. The Morgan fingerprint density at radius 2 is 1.79 bits per heavy atom. The van der Waals surface area contributed by atoms with Crippen molar-refractivity contribution in [1.82, 2.24) is 14.9 Å². The minimum Gasteiger partial charge on any atom is -0.390 e. The molecule has 5 nitrogen and oxygen atoms in total. The number of likely N-dealkylation sites (tertiary alicyclic amines) is 1. The van der Waals surface area contributed by atoms with Gasteiger partial charge in [-0.25, -0.2) is 9.97 Å². The number of hydrogen-bond acceptors (Lipinski definition) is 5. The zero-order chi connectivity index (χ0) is 17.0. The van der Waals surface area contributed by atoms with Crippen LogP contribution in [-0.4, -0.2) is 38.7 Å².